The zero-order valence-electron chi connectivity index (χ0n) is 17.9. The normalized spacial score (nSPS) is 20.0. The Labute approximate surface area is 191 Å². The van der Waals surface area contributed by atoms with Crippen LogP contribution in [0.2, 0.25) is 0 Å². The number of benzene rings is 2. The number of carboxylic acid groups (broad SMARTS) is 1. The molecule has 0 amide bonds. The minimum Gasteiger partial charge on any atom is -0.478 e. The van der Waals surface area contributed by atoms with Gasteiger partial charge in [0.05, 0.1) is 22.1 Å². The van der Waals surface area contributed by atoms with Crippen molar-refractivity contribution in [2.75, 3.05) is 6.26 Å². The Balaban J connectivity index is 2.15. The van der Waals surface area contributed by atoms with Gasteiger partial charge in [0.25, 0.3) is 0 Å². The zero-order chi connectivity index (χ0) is 23.3. The monoisotopic (exact) mass is 479 g/mol. The number of sulfonamides is 1. The van der Waals surface area contributed by atoms with Crippen LogP contribution in [0.1, 0.15) is 49.7 Å². The summed E-state index contributed by atoms with van der Waals surface area (Å²) in [5.74, 6) is -1.53. The molecule has 0 aromatic heterocycles. The Kier molecular flexibility index (Phi) is 7.97. The Bertz CT molecular complexity index is 1100. The molecule has 0 spiro atoms. The summed E-state index contributed by atoms with van der Waals surface area (Å²) in [5, 5.41) is 8.81. The van der Waals surface area contributed by atoms with Crippen molar-refractivity contribution in [3.63, 3.8) is 0 Å². The molecule has 0 fully saturated rings. The van der Waals surface area contributed by atoms with E-state index >= 15 is 0 Å². The molecule has 172 valence electrons. The van der Waals surface area contributed by atoms with Crippen molar-refractivity contribution in [1.82, 2.24) is 4.72 Å². The van der Waals surface area contributed by atoms with Crippen LogP contribution in [0.3, 0.4) is 0 Å². The van der Waals surface area contributed by atoms with Gasteiger partial charge in [-0.1, -0.05) is 31.9 Å². The summed E-state index contributed by atoms with van der Waals surface area (Å²) in [6.07, 6.45) is 6.75. The van der Waals surface area contributed by atoms with Crippen molar-refractivity contribution < 1.29 is 27.4 Å². The molecule has 0 saturated carbocycles. The first-order valence-corrected chi connectivity index (χ1v) is 13.0. The Morgan fingerprint density at radius 1 is 1.31 bits per heavy atom. The molecule has 6 nitrogen and oxygen atoms in total. The van der Waals surface area contributed by atoms with Crippen LogP contribution in [0.5, 0.6) is 5.75 Å². The Morgan fingerprint density at radius 2 is 2.03 bits per heavy atom. The maximum atomic E-state index is 13.6. The molecule has 0 bridgehead atoms. The molecular weight excluding hydrogens is 453 g/mol. The number of thioether (sulfide) groups is 1. The van der Waals surface area contributed by atoms with Gasteiger partial charge in [0.1, 0.15) is 11.6 Å². The fraction of sp³-hybridized carbons (Fsp3) is 0.348. The van der Waals surface area contributed by atoms with Crippen LogP contribution in [0, 0.1) is 5.82 Å². The largest absolute Gasteiger partial charge is 0.478 e. The number of halogens is 1. The van der Waals surface area contributed by atoms with E-state index in [9.17, 15) is 17.6 Å². The second kappa shape index (κ2) is 10.5. The highest BCUT2D eigenvalue weighted by Gasteiger charge is 2.34. The topological polar surface area (TPSA) is 92.7 Å². The summed E-state index contributed by atoms with van der Waals surface area (Å²) in [7, 11) is -3.85. The van der Waals surface area contributed by atoms with E-state index < -0.39 is 16.0 Å². The molecule has 2 aromatic carbocycles. The molecule has 32 heavy (non-hydrogen) atoms. The molecule has 9 heteroatoms. The molecule has 0 radical (unpaired) electrons. The van der Waals surface area contributed by atoms with E-state index in [2.05, 4.69) is 11.6 Å². The number of hydrogen-bond acceptors (Lipinski definition) is 5. The summed E-state index contributed by atoms with van der Waals surface area (Å²) < 4.78 is 48.4. The predicted molar refractivity (Wildman–Crippen MR) is 122 cm³/mol. The Morgan fingerprint density at radius 3 is 2.66 bits per heavy atom. The Hall–Kier alpha value is -2.36. The van der Waals surface area contributed by atoms with Gasteiger partial charge in [-0.2, -0.15) is 0 Å². The number of nitrogens with one attached hydrogen (secondary N) is 1. The third kappa shape index (κ3) is 5.70. The molecule has 2 atom stereocenters. The SMILES string of the molecule is CCCCC1CC(c2ccc(F)cc2)c2cc(SC)c(O/C=C/C(=O)O)cc2S(=O)(=O)N1. The average molecular weight is 480 g/mol. The van der Waals surface area contributed by atoms with Gasteiger partial charge >= 0.3 is 5.97 Å². The van der Waals surface area contributed by atoms with E-state index in [1.54, 1.807) is 18.2 Å². The second-order valence-electron chi connectivity index (χ2n) is 7.60. The van der Waals surface area contributed by atoms with Crippen LogP contribution in [-0.2, 0) is 14.8 Å². The number of carbonyl (C=O) groups is 1. The van der Waals surface area contributed by atoms with E-state index in [0.717, 1.165) is 30.7 Å². The number of hydrogen-bond donors (Lipinski definition) is 2. The fourth-order valence-corrected chi connectivity index (χ4v) is 5.97. The standard InChI is InChI=1S/C23H26FNO5S2/c1-3-4-5-17-12-18(15-6-8-16(24)9-7-15)19-13-21(31-2)20(30-11-10-23(26)27)14-22(19)32(28,29)25-17/h6-11,13-14,17-18,25H,3-5,12H2,1-2H3,(H,26,27)/b11-10+. The lowest BCUT2D eigenvalue weighted by molar-refractivity contribution is -0.131. The van der Waals surface area contributed by atoms with Gasteiger partial charge in [-0.05, 0) is 48.4 Å². The number of fused-ring (bicyclic) bond motifs is 1. The van der Waals surface area contributed by atoms with Gasteiger partial charge in [-0.3, -0.25) is 0 Å². The van der Waals surface area contributed by atoms with Crippen LogP contribution in [-0.4, -0.2) is 31.8 Å². The molecule has 1 aliphatic rings. The van der Waals surface area contributed by atoms with Gasteiger partial charge in [-0.15, -0.1) is 11.8 Å². The van der Waals surface area contributed by atoms with Crippen molar-refractivity contribution >= 4 is 27.8 Å². The molecule has 0 aliphatic carbocycles. The third-order valence-corrected chi connectivity index (χ3v) is 7.72. The number of unbranched alkanes of at least 4 members (excludes halogenated alkanes) is 1. The molecule has 0 saturated heterocycles. The zero-order valence-corrected chi connectivity index (χ0v) is 19.5. The third-order valence-electron chi connectivity index (χ3n) is 5.39. The van der Waals surface area contributed by atoms with Crippen LogP contribution in [0.4, 0.5) is 4.39 Å². The number of aliphatic carboxylic acids is 1. The smallest absolute Gasteiger partial charge is 0.331 e. The summed E-state index contributed by atoms with van der Waals surface area (Å²) in [4.78, 5) is 11.5. The fourth-order valence-electron chi connectivity index (χ4n) is 3.86. The molecule has 2 unspecified atom stereocenters. The molecule has 2 N–H and O–H groups in total. The van der Waals surface area contributed by atoms with Gasteiger partial charge in [0.2, 0.25) is 10.0 Å². The average Bonchev–Trinajstić information content (AvgIpc) is 2.85. The van der Waals surface area contributed by atoms with Crippen molar-refractivity contribution in [3.05, 3.63) is 65.7 Å². The summed E-state index contributed by atoms with van der Waals surface area (Å²) in [6.45, 7) is 2.05. The first-order valence-electron chi connectivity index (χ1n) is 10.3. The summed E-state index contributed by atoms with van der Waals surface area (Å²) >= 11 is 1.37. The molecule has 2 aromatic rings. The summed E-state index contributed by atoms with van der Waals surface area (Å²) in [6, 6.07) is 9.10. The first-order chi connectivity index (χ1) is 15.2. The van der Waals surface area contributed by atoms with E-state index in [0.29, 0.717) is 23.3 Å². The van der Waals surface area contributed by atoms with Crippen molar-refractivity contribution in [2.45, 2.75) is 54.4 Å². The predicted octanol–water partition coefficient (Wildman–Crippen LogP) is 4.90. The molecule has 1 heterocycles. The van der Waals surface area contributed by atoms with Gasteiger partial charge in [0, 0.05) is 18.0 Å². The minimum atomic E-state index is -3.85. The molecule has 1 aliphatic heterocycles. The van der Waals surface area contributed by atoms with Gasteiger partial charge in [0.15, 0.2) is 0 Å². The molecular formula is C23H26FNO5S2. The maximum Gasteiger partial charge on any atom is 0.331 e. The number of rotatable bonds is 8. The van der Waals surface area contributed by atoms with Crippen LogP contribution in [0.15, 0.2) is 58.5 Å². The minimum absolute atomic E-state index is 0.0855. The van der Waals surface area contributed by atoms with Crippen molar-refractivity contribution in [3.8, 4) is 5.75 Å². The summed E-state index contributed by atoms with van der Waals surface area (Å²) in [5.41, 5.74) is 1.45. The number of carboxylic acids is 1. The first kappa shape index (κ1) is 24.3. The van der Waals surface area contributed by atoms with Crippen LogP contribution in [0.25, 0.3) is 0 Å². The lowest BCUT2D eigenvalue weighted by Crippen LogP contribution is -2.33. The van der Waals surface area contributed by atoms with Crippen LogP contribution >= 0.6 is 11.8 Å². The highest BCUT2D eigenvalue weighted by molar-refractivity contribution is 7.98. The van der Waals surface area contributed by atoms with Gasteiger partial charge in [-0.25, -0.2) is 22.3 Å². The van der Waals surface area contributed by atoms with Crippen LogP contribution < -0.4 is 9.46 Å². The molecule has 3 rings (SSSR count). The van der Waals surface area contributed by atoms with Crippen molar-refractivity contribution in [1.29, 1.82) is 0 Å². The van der Waals surface area contributed by atoms with E-state index in [-0.39, 0.29) is 28.4 Å². The lowest BCUT2D eigenvalue weighted by atomic mass is 9.85. The van der Waals surface area contributed by atoms with Crippen molar-refractivity contribution in [2.24, 2.45) is 0 Å². The quantitative estimate of drug-likeness (QED) is 0.318. The van der Waals surface area contributed by atoms with E-state index in [4.69, 9.17) is 9.84 Å². The van der Waals surface area contributed by atoms with E-state index in [1.807, 2.05) is 6.26 Å². The second-order valence-corrected chi connectivity index (χ2v) is 10.1. The number of ether oxygens (including phenoxy) is 1. The van der Waals surface area contributed by atoms with Gasteiger partial charge < -0.3 is 9.84 Å². The highest BCUT2D eigenvalue weighted by Crippen LogP contribution is 2.42. The maximum absolute atomic E-state index is 13.6. The van der Waals surface area contributed by atoms with E-state index in [1.165, 1.54) is 30.0 Å². The lowest BCUT2D eigenvalue weighted by Gasteiger charge is -2.22. The highest BCUT2D eigenvalue weighted by atomic mass is 32.2.